The Bertz CT molecular complexity index is 1260. The van der Waals surface area contributed by atoms with Crippen molar-refractivity contribution in [2.75, 3.05) is 31.1 Å². The fraction of sp³-hybridized carbons (Fsp3) is 0.217. The second-order valence-corrected chi connectivity index (χ2v) is 7.44. The predicted molar refractivity (Wildman–Crippen MR) is 118 cm³/mol. The van der Waals surface area contributed by atoms with Gasteiger partial charge in [0.2, 0.25) is 5.91 Å². The standard InChI is InChI=1S/C23H22N6O2/c30-21(27-15-13-26(14-16-27)20-10-4-5-11-24-20)17-28-19-9-6-12-25-22(19)29(23(28)31)18-7-2-1-3-8-18/h1-12H,13-17H2. The first kappa shape index (κ1) is 19.0. The van der Waals surface area contributed by atoms with Crippen molar-refractivity contribution in [2.24, 2.45) is 0 Å². The zero-order chi connectivity index (χ0) is 21.2. The van der Waals surface area contributed by atoms with Crippen molar-refractivity contribution in [1.82, 2.24) is 24.0 Å². The number of piperazine rings is 1. The van der Waals surface area contributed by atoms with Crippen LogP contribution in [0.15, 0.2) is 77.9 Å². The number of amides is 1. The van der Waals surface area contributed by atoms with Gasteiger partial charge in [0.15, 0.2) is 5.65 Å². The van der Waals surface area contributed by atoms with E-state index >= 15 is 0 Å². The second kappa shape index (κ2) is 8.06. The van der Waals surface area contributed by atoms with Gasteiger partial charge in [-0.2, -0.15) is 0 Å². The summed E-state index contributed by atoms with van der Waals surface area (Å²) in [6.45, 7) is 2.61. The second-order valence-electron chi connectivity index (χ2n) is 7.44. The number of benzene rings is 1. The average Bonchev–Trinajstić information content (AvgIpc) is 3.11. The highest BCUT2D eigenvalue weighted by molar-refractivity contribution is 5.80. The molecule has 1 saturated heterocycles. The van der Waals surface area contributed by atoms with E-state index in [-0.39, 0.29) is 18.1 Å². The molecule has 8 nitrogen and oxygen atoms in total. The van der Waals surface area contributed by atoms with Gasteiger partial charge in [-0.15, -0.1) is 0 Å². The van der Waals surface area contributed by atoms with Crippen molar-refractivity contribution in [3.63, 3.8) is 0 Å². The van der Waals surface area contributed by atoms with Crippen molar-refractivity contribution in [3.05, 3.63) is 83.5 Å². The van der Waals surface area contributed by atoms with E-state index in [1.807, 2.05) is 59.5 Å². The first-order valence-corrected chi connectivity index (χ1v) is 10.3. The van der Waals surface area contributed by atoms with Crippen LogP contribution in [0.1, 0.15) is 0 Å². The molecule has 0 atom stereocenters. The Morgan fingerprint density at radius 2 is 1.58 bits per heavy atom. The molecular weight excluding hydrogens is 392 g/mol. The van der Waals surface area contributed by atoms with Crippen LogP contribution in [-0.4, -0.2) is 56.1 Å². The lowest BCUT2D eigenvalue weighted by atomic mass is 10.3. The van der Waals surface area contributed by atoms with Crippen LogP contribution >= 0.6 is 0 Å². The Hall–Kier alpha value is -3.94. The Labute approximate surface area is 179 Å². The summed E-state index contributed by atoms with van der Waals surface area (Å²) in [5, 5.41) is 0. The number of anilines is 1. The third kappa shape index (κ3) is 3.56. The lowest BCUT2D eigenvalue weighted by molar-refractivity contribution is -0.132. The zero-order valence-corrected chi connectivity index (χ0v) is 17.0. The van der Waals surface area contributed by atoms with Crippen molar-refractivity contribution >= 4 is 22.9 Å². The highest BCUT2D eigenvalue weighted by atomic mass is 16.2. The number of imidazole rings is 1. The SMILES string of the molecule is O=C(Cn1c(=O)n(-c2ccccc2)c2ncccc21)N1CCN(c2ccccn2)CC1. The maximum absolute atomic E-state index is 13.2. The molecule has 0 unspecified atom stereocenters. The molecule has 4 heterocycles. The molecule has 5 rings (SSSR count). The fourth-order valence-corrected chi connectivity index (χ4v) is 4.01. The summed E-state index contributed by atoms with van der Waals surface area (Å²) in [6, 6.07) is 18.8. The lowest BCUT2D eigenvalue weighted by Crippen LogP contribution is -2.50. The summed E-state index contributed by atoms with van der Waals surface area (Å²) >= 11 is 0. The van der Waals surface area contributed by atoms with Crippen molar-refractivity contribution in [1.29, 1.82) is 0 Å². The minimum Gasteiger partial charge on any atom is -0.353 e. The Morgan fingerprint density at radius 3 is 2.32 bits per heavy atom. The maximum Gasteiger partial charge on any atom is 0.335 e. The van der Waals surface area contributed by atoms with Crippen LogP contribution in [0.3, 0.4) is 0 Å². The normalized spacial score (nSPS) is 14.2. The zero-order valence-electron chi connectivity index (χ0n) is 17.0. The van der Waals surface area contributed by atoms with Crippen molar-refractivity contribution in [3.8, 4) is 5.69 Å². The van der Waals surface area contributed by atoms with Gasteiger partial charge in [0.25, 0.3) is 0 Å². The van der Waals surface area contributed by atoms with E-state index in [4.69, 9.17) is 0 Å². The first-order valence-electron chi connectivity index (χ1n) is 10.3. The summed E-state index contributed by atoms with van der Waals surface area (Å²) < 4.78 is 3.07. The van der Waals surface area contributed by atoms with Crippen LogP contribution in [0.5, 0.6) is 0 Å². The molecule has 0 radical (unpaired) electrons. The molecule has 8 heteroatoms. The number of pyridine rings is 2. The first-order chi connectivity index (χ1) is 15.2. The van der Waals surface area contributed by atoms with Crippen LogP contribution in [-0.2, 0) is 11.3 Å². The van der Waals surface area contributed by atoms with E-state index in [0.717, 1.165) is 11.5 Å². The number of hydrogen-bond acceptors (Lipinski definition) is 5. The third-order valence-corrected chi connectivity index (χ3v) is 5.60. The molecule has 0 N–H and O–H groups in total. The highest BCUT2D eigenvalue weighted by Crippen LogP contribution is 2.16. The lowest BCUT2D eigenvalue weighted by Gasteiger charge is -2.35. The molecule has 4 aromatic rings. The Balaban J connectivity index is 1.38. The summed E-state index contributed by atoms with van der Waals surface area (Å²) in [7, 11) is 0. The number of hydrogen-bond donors (Lipinski definition) is 0. The van der Waals surface area contributed by atoms with Gasteiger partial charge in [-0.25, -0.2) is 19.3 Å². The summed E-state index contributed by atoms with van der Waals surface area (Å²) in [5.74, 6) is 0.849. The van der Waals surface area contributed by atoms with E-state index < -0.39 is 0 Å². The molecule has 0 bridgehead atoms. The Morgan fingerprint density at radius 1 is 0.839 bits per heavy atom. The number of nitrogens with zero attached hydrogens (tertiary/aromatic N) is 6. The summed E-state index contributed by atoms with van der Waals surface area (Å²) in [4.78, 5) is 39.1. The fourth-order valence-electron chi connectivity index (χ4n) is 4.01. The van der Waals surface area contributed by atoms with Crippen LogP contribution in [0, 0.1) is 0 Å². The average molecular weight is 414 g/mol. The van der Waals surface area contributed by atoms with Gasteiger partial charge >= 0.3 is 5.69 Å². The predicted octanol–water partition coefficient (Wildman–Crippen LogP) is 1.93. The molecular formula is C23H22N6O2. The molecule has 0 saturated carbocycles. The van der Waals surface area contributed by atoms with Gasteiger partial charge in [-0.3, -0.25) is 9.36 Å². The smallest absolute Gasteiger partial charge is 0.335 e. The molecule has 1 fully saturated rings. The number of fused-ring (bicyclic) bond motifs is 1. The summed E-state index contributed by atoms with van der Waals surface area (Å²) in [6.07, 6.45) is 3.43. The number of carbonyl (C=O) groups is 1. The van der Waals surface area contributed by atoms with Gasteiger partial charge in [0, 0.05) is 38.6 Å². The largest absolute Gasteiger partial charge is 0.353 e. The van der Waals surface area contributed by atoms with E-state index in [2.05, 4.69) is 14.9 Å². The van der Waals surface area contributed by atoms with Gasteiger partial charge in [0.05, 0.1) is 11.2 Å². The number of para-hydroxylation sites is 1. The molecule has 156 valence electrons. The van der Waals surface area contributed by atoms with E-state index in [9.17, 15) is 9.59 Å². The van der Waals surface area contributed by atoms with Gasteiger partial charge in [-0.1, -0.05) is 24.3 Å². The molecule has 1 aromatic carbocycles. The van der Waals surface area contributed by atoms with Crippen LogP contribution < -0.4 is 10.6 Å². The molecule has 1 aliphatic rings. The van der Waals surface area contributed by atoms with Crippen molar-refractivity contribution < 1.29 is 4.79 Å². The van der Waals surface area contributed by atoms with Crippen LogP contribution in [0.4, 0.5) is 5.82 Å². The van der Waals surface area contributed by atoms with Crippen molar-refractivity contribution in [2.45, 2.75) is 6.54 Å². The molecule has 0 spiro atoms. The number of rotatable bonds is 4. The minimum absolute atomic E-state index is 0.00948. The molecule has 0 aliphatic carbocycles. The topological polar surface area (TPSA) is 76.3 Å². The van der Waals surface area contributed by atoms with Crippen LogP contribution in [0.2, 0.25) is 0 Å². The van der Waals surface area contributed by atoms with Gasteiger partial charge in [0.1, 0.15) is 12.4 Å². The molecule has 31 heavy (non-hydrogen) atoms. The van der Waals surface area contributed by atoms with E-state index in [1.54, 1.807) is 23.0 Å². The quantitative estimate of drug-likeness (QED) is 0.510. The number of carbonyl (C=O) groups excluding carboxylic acids is 1. The summed E-state index contributed by atoms with van der Waals surface area (Å²) in [5.41, 5.74) is 1.66. The minimum atomic E-state index is -0.264. The highest BCUT2D eigenvalue weighted by Gasteiger charge is 2.24. The van der Waals surface area contributed by atoms with E-state index in [0.29, 0.717) is 37.3 Å². The van der Waals surface area contributed by atoms with Gasteiger partial charge < -0.3 is 9.80 Å². The van der Waals surface area contributed by atoms with Crippen LogP contribution in [0.25, 0.3) is 16.9 Å². The molecule has 1 amide bonds. The Kier molecular flexibility index (Phi) is 4.95. The number of aromatic nitrogens is 4. The van der Waals surface area contributed by atoms with E-state index in [1.165, 1.54) is 4.57 Å². The molecule has 1 aliphatic heterocycles. The maximum atomic E-state index is 13.2. The monoisotopic (exact) mass is 414 g/mol. The third-order valence-electron chi connectivity index (χ3n) is 5.60. The van der Waals surface area contributed by atoms with Gasteiger partial charge in [-0.05, 0) is 36.4 Å². The molecule has 3 aromatic heterocycles.